The van der Waals surface area contributed by atoms with Crippen molar-refractivity contribution in [2.24, 2.45) is 0 Å². The predicted octanol–water partition coefficient (Wildman–Crippen LogP) is 7.16. The van der Waals surface area contributed by atoms with Gasteiger partial charge in [-0.25, -0.2) is 12.8 Å². The molecule has 0 bridgehead atoms. The summed E-state index contributed by atoms with van der Waals surface area (Å²) in [7, 11) is -3.51. The fraction of sp³-hybridized carbons (Fsp3) is 0.323. The van der Waals surface area contributed by atoms with E-state index in [0.717, 1.165) is 6.26 Å². The number of nitrogens with one attached hydrogen (secondary N) is 1. The van der Waals surface area contributed by atoms with Crippen LogP contribution in [0.5, 0.6) is 0 Å². The fourth-order valence-electron chi connectivity index (χ4n) is 5.86. The van der Waals surface area contributed by atoms with Crippen LogP contribution in [-0.4, -0.2) is 44.2 Å². The second-order valence-corrected chi connectivity index (χ2v) is 12.9. The lowest BCUT2D eigenvalue weighted by Gasteiger charge is -2.33. The van der Waals surface area contributed by atoms with Gasteiger partial charge in [0.15, 0.2) is 0 Å². The van der Waals surface area contributed by atoms with E-state index in [9.17, 15) is 43.9 Å². The van der Waals surface area contributed by atoms with Crippen LogP contribution >= 0.6 is 0 Å². The topological polar surface area (TPSA) is 75.7 Å². The lowest BCUT2D eigenvalue weighted by Crippen LogP contribution is -2.39. The molecular weight excluding hydrogens is 629 g/mol. The van der Waals surface area contributed by atoms with E-state index in [1.54, 1.807) is 12.1 Å². The van der Waals surface area contributed by atoms with Crippen LogP contribution in [0.2, 0.25) is 0 Å². The zero-order valence-corrected chi connectivity index (χ0v) is 24.6. The number of fused-ring (bicyclic) bond motifs is 1. The average molecular weight is 657 g/mol. The average Bonchev–Trinajstić information content (AvgIpc) is 3.30. The third kappa shape index (κ3) is 7.33. The molecule has 0 saturated carbocycles. The first kappa shape index (κ1) is 32.5. The van der Waals surface area contributed by atoms with Crippen molar-refractivity contribution in [3.63, 3.8) is 0 Å². The molecule has 1 fully saturated rings. The van der Waals surface area contributed by atoms with E-state index in [-0.39, 0.29) is 24.1 Å². The molecular formula is C31H27F7N2O4S. The second-order valence-electron chi connectivity index (χ2n) is 11.1. The number of hydrogen-bond donors (Lipinski definition) is 1. The quantitative estimate of drug-likeness (QED) is 0.274. The van der Waals surface area contributed by atoms with Crippen LogP contribution in [0.25, 0.3) is 5.57 Å². The van der Waals surface area contributed by atoms with Gasteiger partial charge in [-0.3, -0.25) is 9.52 Å². The van der Waals surface area contributed by atoms with Crippen LogP contribution in [0.1, 0.15) is 53.2 Å². The Kier molecular flexibility index (Phi) is 8.51. The maximum atomic E-state index is 13.9. The van der Waals surface area contributed by atoms with Crippen molar-refractivity contribution in [1.29, 1.82) is 0 Å². The summed E-state index contributed by atoms with van der Waals surface area (Å²) in [6, 6.07) is 12.5. The van der Waals surface area contributed by atoms with Gasteiger partial charge in [0, 0.05) is 30.3 Å². The zero-order valence-electron chi connectivity index (χ0n) is 23.8. The molecule has 5 rings (SSSR count). The number of anilines is 1. The minimum Gasteiger partial charge on any atom is -0.368 e. The third-order valence-corrected chi connectivity index (χ3v) is 8.48. The minimum absolute atomic E-state index is 0.0119. The molecule has 3 aromatic rings. The molecule has 0 spiro atoms. The van der Waals surface area contributed by atoms with Crippen molar-refractivity contribution in [3.8, 4) is 0 Å². The van der Waals surface area contributed by atoms with Gasteiger partial charge in [0.2, 0.25) is 15.9 Å². The van der Waals surface area contributed by atoms with Gasteiger partial charge in [-0.1, -0.05) is 24.3 Å². The number of halogens is 7. The third-order valence-electron chi connectivity index (χ3n) is 7.87. The van der Waals surface area contributed by atoms with Crippen molar-refractivity contribution in [1.82, 2.24) is 4.90 Å². The highest BCUT2D eigenvalue weighted by molar-refractivity contribution is 7.92. The largest absolute Gasteiger partial charge is 0.416 e. The van der Waals surface area contributed by atoms with Crippen LogP contribution in [0, 0.1) is 5.82 Å². The molecule has 0 unspecified atom stereocenters. The van der Waals surface area contributed by atoms with Crippen molar-refractivity contribution < 1.29 is 48.7 Å². The number of ether oxygens (including phenoxy) is 1. The second kappa shape index (κ2) is 11.8. The lowest BCUT2D eigenvalue weighted by molar-refractivity contribution is -0.143. The van der Waals surface area contributed by atoms with E-state index < -0.39 is 63.5 Å². The molecule has 6 nitrogen and oxygen atoms in total. The molecule has 2 aliphatic rings. The molecule has 1 amide bonds. The maximum Gasteiger partial charge on any atom is 0.416 e. The van der Waals surface area contributed by atoms with Gasteiger partial charge in [0.05, 0.1) is 29.6 Å². The van der Waals surface area contributed by atoms with Gasteiger partial charge in [-0.2, -0.15) is 26.3 Å². The Balaban J connectivity index is 1.46. The molecule has 2 aliphatic heterocycles. The van der Waals surface area contributed by atoms with Crippen molar-refractivity contribution in [2.45, 2.75) is 49.9 Å². The van der Waals surface area contributed by atoms with Crippen LogP contribution in [0.4, 0.5) is 36.4 Å². The number of nitrogens with zero attached hydrogens (tertiary/aromatic N) is 1. The summed E-state index contributed by atoms with van der Waals surface area (Å²) in [5.74, 6) is -1.52. The molecule has 45 heavy (non-hydrogen) atoms. The highest BCUT2D eigenvalue weighted by atomic mass is 32.2. The summed E-state index contributed by atoms with van der Waals surface area (Å²) in [6.07, 6.45) is -9.44. The van der Waals surface area contributed by atoms with E-state index in [2.05, 4.69) is 4.72 Å². The van der Waals surface area contributed by atoms with E-state index in [1.807, 2.05) is 0 Å². The predicted molar refractivity (Wildman–Crippen MR) is 152 cm³/mol. The molecule has 14 heteroatoms. The Morgan fingerprint density at radius 3 is 2.02 bits per heavy atom. The zero-order chi connectivity index (χ0) is 32.9. The lowest BCUT2D eigenvalue weighted by atomic mass is 9.83. The number of alkyl halides is 6. The highest BCUT2D eigenvalue weighted by Crippen LogP contribution is 2.45. The van der Waals surface area contributed by atoms with Crippen molar-refractivity contribution >= 4 is 27.2 Å². The summed E-state index contributed by atoms with van der Waals surface area (Å²) < 4.78 is 127. The first-order valence-electron chi connectivity index (χ1n) is 13.7. The first-order chi connectivity index (χ1) is 20.9. The molecule has 1 saturated heterocycles. The minimum atomic E-state index is -5.03. The first-order valence-corrected chi connectivity index (χ1v) is 15.6. The number of benzene rings is 3. The van der Waals surface area contributed by atoms with Gasteiger partial charge in [-0.05, 0) is 78.1 Å². The van der Waals surface area contributed by atoms with E-state index in [0.29, 0.717) is 40.9 Å². The molecule has 0 aromatic heterocycles. The van der Waals surface area contributed by atoms with Gasteiger partial charge in [-0.15, -0.1) is 0 Å². The Labute approximate surface area is 254 Å². The number of sulfonamides is 1. The van der Waals surface area contributed by atoms with Crippen LogP contribution < -0.4 is 4.72 Å². The molecule has 4 atom stereocenters. The Hall–Kier alpha value is -3.91. The van der Waals surface area contributed by atoms with Crippen LogP contribution in [0.3, 0.4) is 0 Å². The van der Waals surface area contributed by atoms with E-state index in [1.165, 1.54) is 54.3 Å². The molecule has 240 valence electrons. The number of hydrogen-bond acceptors (Lipinski definition) is 4. The summed E-state index contributed by atoms with van der Waals surface area (Å²) in [4.78, 5) is 14.9. The smallest absolute Gasteiger partial charge is 0.368 e. The van der Waals surface area contributed by atoms with Gasteiger partial charge < -0.3 is 9.64 Å². The molecule has 1 N–H and O–H groups in total. The number of carbonyl (C=O) groups excluding carboxylic acids is 1. The van der Waals surface area contributed by atoms with E-state index >= 15 is 0 Å². The number of carbonyl (C=O) groups is 1. The van der Waals surface area contributed by atoms with Gasteiger partial charge in [0.25, 0.3) is 0 Å². The Morgan fingerprint density at radius 1 is 0.911 bits per heavy atom. The van der Waals surface area contributed by atoms with Crippen molar-refractivity contribution in [3.05, 3.63) is 106 Å². The van der Waals surface area contributed by atoms with E-state index in [4.69, 9.17) is 4.74 Å². The van der Waals surface area contributed by atoms with Crippen LogP contribution in [0.15, 0.2) is 72.8 Å². The molecule has 2 heterocycles. The monoisotopic (exact) mass is 656 g/mol. The van der Waals surface area contributed by atoms with Gasteiger partial charge >= 0.3 is 12.4 Å². The molecule has 3 aromatic carbocycles. The SMILES string of the molecule is C[C@@H](O[C@H]1CN2C(=O)C=C(c3ccc(NS(C)(=O)=O)cc3)C[C@H]2[C@@H]1c1ccc(F)cc1)c1cc(C(F)(F)F)cc(C(F)(F)F)c1. The Bertz CT molecular complexity index is 1690. The molecule has 0 aliphatic carbocycles. The fourth-order valence-corrected chi connectivity index (χ4v) is 6.43. The summed E-state index contributed by atoms with van der Waals surface area (Å²) >= 11 is 0. The standard InChI is InChI=1S/C31H27F7N2O4S/c1-17(20-11-22(30(33,34)35)15-23(12-20)31(36,37)38)44-27-16-40-26(29(27)19-3-7-24(32)8-4-19)13-21(14-28(40)41)18-5-9-25(10-6-18)39-45(2,42)43/h3-12,14-15,17,26-27,29,39H,13,16H2,1-2H3/t17-,26+,27+,29+/m1/s1. The van der Waals surface area contributed by atoms with Crippen molar-refractivity contribution in [2.75, 3.05) is 17.5 Å². The summed E-state index contributed by atoms with van der Waals surface area (Å²) in [5, 5.41) is 0. The molecule has 0 radical (unpaired) electrons. The van der Waals surface area contributed by atoms with Crippen LogP contribution in [-0.2, 0) is 31.9 Å². The normalized spacial score (nSPS) is 21.4. The number of rotatable bonds is 7. The maximum absolute atomic E-state index is 13.9. The Morgan fingerprint density at radius 2 is 1.49 bits per heavy atom. The summed E-state index contributed by atoms with van der Waals surface area (Å²) in [5.41, 5.74) is -1.12. The number of amides is 1. The summed E-state index contributed by atoms with van der Waals surface area (Å²) in [6.45, 7) is 1.33. The highest BCUT2D eigenvalue weighted by Gasteiger charge is 2.48. The van der Waals surface area contributed by atoms with Gasteiger partial charge in [0.1, 0.15) is 5.82 Å².